The molecule has 0 radical (unpaired) electrons. The molecule has 1 aromatic rings. The van der Waals surface area contributed by atoms with Crippen LogP contribution in [0, 0.1) is 3.57 Å². The van der Waals surface area contributed by atoms with Crippen molar-refractivity contribution in [3.8, 4) is 11.5 Å². The van der Waals surface area contributed by atoms with Gasteiger partial charge in [0.05, 0.1) is 16.8 Å². The molecule has 0 N–H and O–H groups in total. The molecule has 0 aliphatic heterocycles. The Kier molecular flexibility index (Phi) is 8.25. The third-order valence-electron chi connectivity index (χ3n) is 4.61. The molecule has 1 aliphatic carbocycles. The fraction of sp³-hybridized carbons (Fsp3) is 0.571. The lowest BCUT2D eigenvalue weighted by Gasteiger charge is -2.24. The van der Waals surface area contributed by atoms with E-state index in [4.69, 9.17) is 14.2 Å². The number of ether oxygens (including phenoxy) is 3. The third-order valence-corrected chi connectivity index (χ3v) is 5.41. The number of carbonyl (C=O) groups excluding carboxylic acids is 1. The summed E-state index contributed by atoms with van der Waals surface area (Å²) in [7, 11) is 0. The number of esters is 1. The topological polar surface area (TPSA) is 44.8 Å². The monoisotopic (exact) mass is 472 g/mol. The highest BCUT2D eigenvalue weighted by atomic mass is 127. The van der Waals surface area contributed by atoms with Gasteiger partial charge in [0.1, 0.15) is 5.60 Å². The molecule has 2 rings (SSSR count). The van der Waals surface area contributed by atoms with Gasteiger partial charge in [-0.05, 0) is 92.7 Å². The van der Waals surface area contributed by atoms with E-state index >= 15 is 0 Å². The van der Waals surface area contributed by atoms with Gasteiger partial charge in [-0.2, -0.15) is 0 Å². The first-order valence-corrected chi connectivity index (χ1v) is 10.5. The van der Waals surface area contributed by atoms with Crippen LogP contribution < -0.4 is 9.47 Å². The summed E-state index contributed by atoms with van der Waals surface area (Å²) >= 11 is 2.25. The molecule has 1 aromatic carbocycles. The second-order valence-corrected chi connectivity index (χ2v) is 8.07. The van der Waals surface area contributed by atoms with Crippen LogP contribution in [0.3, 0.4) is 0 Å². The molecule has 1 fully saturated rings. The predicted molar refractivity (Wildman–Crippen MR) is 113 cm³/mol. The summed E-state index contributed by atoms with van der Waals surface area (Å²) in [5.41, 5.74) is 0.775. The zero-order valence-electron chi connectivity index (χ0n) is 15.8. The average Bonchev–Trinajstić information content (AvgIpc) is 3.02. The van der Waals surface area contributed by atoms with Gasteiger partial charge < -0.3 is 14.2 Å². The molecule has 0 unspecified atom stereocenters. The summed E-state index contributed by atoms with van der Waals surface area (Å²) in [6.07, 6.45) is 8.10. The van der Waals surface area contributed by atoms with Gasteiger partial charge in [0, 0.05) is 6.42 Å². The van der Waals surface area contributed by atoms with E-state index < -0.39 is 0 Å². The Balaban J connectivity index is 1.77. The van der Waals surface area contributed by atoms with E-state index in [9.17, 15) is 4.79 Å². The summed E-state index contributed by atoms with van der Waals surface area (Å²) in [6, 6.07) is 3.96. The van der Waals surface area contributed by atoms with Crippen LogP contribution in [0.15, 0.2) is 18.7 Å². The molecule has 144 valence electrons. The highest BCUT2D eigenvalue weighted by Gasteiger charge is 2.32. The molecular weight excluding hydrogens is 443 g/mol. The van der Waals surface area contributed by atoms with Crippen molar-refractivity contribution < 1.29 is 19.0 Å². The molecule has 1 saturated carbocycles. The zero-order chi connectivity index (χ0) is 19.0. The molecule has 0 spiro atoms. The van der Waals surface area contributed by atoms with E-state index in [2.05, 4.69) is 29.2 Å². The number of carbonyl (C=O) groups is 1. The summed E-state index contributed by atoms with van der Waals surface area (Å²) in [4.78, 5) is 12.0. The second-order valence-electron chi connectivity index (χ2n) is 6.90. The molecule has 4 nitrogen and oxygen atoms in total. The fourth-order valence-electron chi connectivity index (χ4n) is 3.21. The standard InChI is InChI=1S/C21H29IO4/c1-4-16-14-17(22)20(18(15-16)24-5-2)25-13-9-6-10-19(23)26-21(3)11-7-8-12-21/h4,14-15H,1,5-13H2,2-3H3. The Labute approximate surface area is 170 Å². The van der Waals surface area contributed by atoms with Crippen LogP contribution in [-0.2, 0) is 9.53 Å². The van der Waals surface area contributed by atoms with E-state index in [1.807, 2.05) is 26.0 Å². The SMILES string of the molecule is C=Cc1cc(I)c(OCCCCC(=O)OC2(C)CCCC2)c(OCC)c1. The third kappa shape index (κ3) is 6.18. The number of hydrogen-bond acceptors (Lipinski definition) is 4. The highest BCUT2D eigenvalue weighted by Crippen LogP contribution is 2.35. The van der Waals surface area contributed by atoms with Crippen LogP contribution in [0.1, 0.15) is 64.4 Å². The zero-order valence-corrected chi connectivity index (χ0v) is 18.0. The fourth-order valence-corrected chi connectivity index (χ4v) is 3.99. The Morgan fingerprint density at radius 3 is 2.65 bits per heavy atom. The molecule has 0 bridgehead atoms. The summed E-state index contributed by atoms with van der Waals surface area (Å²) in [5.74, 6) is 1.41. The van der Waals surface area contributed by atoms with Crippen molar-refractivity contribution in [2.45, 2.75) is 64.4 Å². The van der Waals surface area contributed by atoms with Crippen LogP contribution in [-0.4, -0.2) is 24.8 Å². The lowest BCUT2D eigenvalue weighted by Crippen LogP contribution is -2.27. The predicted octanol–water partition coefficient (Wildman–Crippen LogP) is 5.76. The van der Waals surface area contributed by atoms with Gasteiger partial charge in [0.15, 0.2) is 11.5 Å². The molecular formula is C21H29IO4. The number of halogens is 1. The molecule has 0 atom stereocenters. The summed E-state index contributed by atoms with van der Waals surface area (Å²) in [6.45, 7) is 8.93. The van der Waals surface area contributed by atoms with Gasteiger partial charge in [-0.3, -0.25) is 4.79 Å². The van der Waals surface area contributed by atoms with Crippen LogP contribution >= 0.6 is 22.6 Å². The lowest BCUT2D eigenvalue weighted by molar-refractivity contribution is -0.157. The lowest BCUT2D eigenvalue weighted by atomic mass is 10.1. The molecule has 26 heavy (non-hydrogen) atoms. The van der Waals surface area contributed by atoms with Gasteiger partial charge >= 0.3 is 5.97 Å². The quantitative estimate of drug-likeness (QED) is 0.247. The van der Waals surface area contributed by atoms with Crippen molar-refractivity contribution in [2.24, 2.45) is 0 Å². The second kappa shape index (κ2) is 10.2. The van der Waals surface area contributed by atoms with Gasteiger partial charge in [0.2, 0.25) is 0 Å². The molecule has 0 saturated heterocycles. The Bertz CT molecular complexity index is 621. The molecule has 0 heterocycles. The molecule has 5 heteroatoms. The maximum atomic E-state index is 12.0. The molecule has 0 aromatic heterocycles. The first-order chi connectivity index (χ1) is 12.5. The smallest absolute Gasteiger partial charge is 0.306 e. The number of hydrogen-bond donors (Lipinski definition) is 0. The van der Waals surface area contributed by atoms with Crippen molar-refractivity contribution in [2.75, 3.05) is 13.2 Å². The largest absolute Gasteiger partial charge is 0.490 e. The first kappa shape index (κ1) is 21.1. The van der Waals surface area contributed by atoms with Crippen LogP contribution in [0.5, 0.6) is 11.5 Å². The van der Waals surface area contributed by atoms with Crippen molar-refractivity contribution in [3.63, 3.8) is 0 Å². The van der Waals surface area contributed by atoms with Gasteiger partial charge in [-0.1, -0.05) is 12.7 Å². The Morgan fingerprint density at radius 1 is 1.27 bits per heavy atom. The van der Waals surface area contributed by atoms with Crippen LogP contribution in [0.4, 0.5) is 0 Å². The van der Waals surface area contributed by atoms with Gasteiger partial charge in [0.25, 0.3) is 0 Å². The van der Waals surface area contributed by atoms with Gasteiger partial charge in [-0.25, -0.2) is 0 Å². The highest BCUT2D eigenvalue weighted by molar-refractivity contribution is 14.1. The van der Waals surface area contributed by atoms with E-state index in [0.717, 1.165) is 59.2 Å². The minimum atomic E-state index is -0.233. The van der Waals surface area contributed by atoms with Crippen LogP contribution in [0.25, 0.3) is 6.08 Å². The summed E-state index contributed by atoms with van der Waals surface area (Å²) < 4.78 is 18.3. The Morgan fingerprint density at radius 2 is 2.00 bits per heavy atom. The minimum Gasteiger partial charge on any atom is -0.490 e. The van der Waals surface area contributed by atoms with Crippen molar-refractivity contribution >= 4 is 34.6 Å². The van der Waals surface area contributed by atoms with E-state index in [-0.39, 0.29) is 11.6 Å². The average molecular weight is 472 g/mol. The normalized spacial score (nSPS) is 15.5. The molecule has 0 amide bonds. The molecule has 1 aliphatic rings. The van der Waals surface area contributed by atoms with Crippen molar-refractivity contribution in [1.82, 2.24) is 0 Å². The van der Waals surface area contributed by atoms with Crippen molar-refractivity contribution in [1.29, 1.82) is 0 Å². The Hall–Kier alpha value is -1.24. The van der Waals surface area contributed by atoms with E-state index in [0.29, 0.717) is 19.6 Å². The van der Waals surface area contributed by atoms with Gasteiger partial charge in [-0.15, -0.1) is 0 Å². The maximum absolute atomic E-state index is 12.0. The summed E-state index contributed by atoms with van der Waals surface area (Å²) in [5, 5.41) is 0. The first-order valence-electron chi connectivity index (χ1n) is 9.41. The van der Waals surface area contributed by atoms with Crippen LogP contribution in [0.2, 0.25) is 0 Å². The van der Waals surface area contributed by atoms with E-state index in [1.165, 1.54) is 0 Å². The van der Waals surface area contributed by atoms with E-state index in [1.54, 1.807) is 6.08 Å². The maximum Gasteiger partial charge on any atom is 0.306 e. The number of unbranched alkanes of at least 4 members (excludes halogenated alkanes) is 1. The van der Waals surface area contributed by atoms with Crippen molar-refractivity contribution in [3.05, 3.63) is 27.8 Å². The number of benzene rings is 1. The number of rotatable bonds is 10. The minimum absolute atomic E-state index is 0.0886.